The fourth-order valence-corrected chi connectivity index (χ4v) is 6.90. The zero-order valence-corrected chi connectivity index (χ0v) is 35.0. The van der Waals surface area contributed by atoms with E-state index in [9.17, 15) is 48.6 Å². The maximum atomic E-state index is 14.2. The highest BCUT2D eigenvalue weighted by Gasteiger charge is 2.42. The average molecular weight is 852 g/mol. The summed E-state index contributed by atoms with van der Waals surface area (Å²) >= 11 is 0. The molecule has 0 spiro atoms. The van der Waals surface area contributed by atoms with Crippen molar-refractivity contribution >= 4 is 47.3 Å². The molecule has 0 aromatic heterocycles. The van der Waals surface area contributed by atoms with Gasteiger partial charge in [0.05, 0.1) is 19.1 Å². The molecule has 0 saturated carbocycles. The molecule has 0 radical (unpaired) electrons. The maximum absolute atomic E-state index is 14.2. The van der Waals surface area contributed by atoms with E-state index < -0.39 is 109 Å². The molecule has 13 N–H and O–H groups in total. The van der Waals surface area contributed by atoms with Crippen molar-refractivity contribution < 1.29 is 48.6 Å². The Morgan fingerprint density at radius 2 is 1.30 bits per heavy atom. The van der Waals surface area contributed by atoms with Crippen LogP contribution in [-0.2, 0) is 51.2 Å². The minimum atomic E-state index is -1.96. The van der Waals surface area contributed by atoms with Crippen LogP contribution in [0, 0.1) is 11.8 Å². The van der Waals surface area contributed by atoms with E-state index in [1.165, 1.54) is 4.90 Å². The first kappa shape index (κ1) is 49.4. The van der Waals surface area contributed by atoms with Crippen molar-refractivity contribution in [1.82, 2.24) is 31.5 Å². The normalized spacial score (nSPS) is 17.6. The van der Waals surface area contributed by atoms with Crippen molar-refractivity contribution in [3.05, 3.63) is 71.8 Å². The van der Waals surface area contributed by atoms with E-state index in [2.05, 4.69) is 26.6 Å². The maximum Gasteiger partial charge on any atom is 0.254 e. The van der Waals surface area contributed by atoms with Gasteiger partial charge in [0.25, 0.3) is 5.91 Å². The molecule has 3 rings (SSSR count). The quantitative estimate of drug-likeness (QED) is 0.0564. The fourth-order valence-electron chi connectivity index (χ4n) is 6.90. The van der Waals surface area contributed by atoms with Gasteiger partial charge in [-0.3, -0.25) is 38.4 Å². The molecule has 2 aromatic rings. The lowest BCUT2D eigenvalue weighted by molar-refractivity contribution is -0.147. The first-order valence-electron chi connectivity index (χ1n) is 20.4. The molecule has 19 nitrogen and oxygen atoms in total. The van der Waals surface area contributed by atoms with Crippen LogP contribution in [0.3, 0.4) is 0 Å². The Balaban J connectivity index is 1.88. The molecule has 8 amide bonds. The molecule has 9 atom stereocenters. The molecule has 19 heteroatoms. The van der Waals surface area contributed by atoms with Crippen LogP contribution in [0.25, 0.3) is 0 Å². The molecular formula is C42H61N9O10. The topological polar surface area (TPSA) is 318 Å². The molecule has 1 fully saturated rings. The Morgan fingerprint density at radius 3 is 1.82 bits per heavy atom. The minimum Gasteiger partial charge on any atom is -0.394 e. The molecule has 0 unspecified atom stereocenters. The Kier molecular flexibility index (Phi) is 19.3. The van der Waals surface area contributed by atoms with Crippen LogP contribution >= 0.6 is 0 Å². The third-order valence-corrected chi connectivity index (χ3v) is 10.7. The number of hydrogen-bond acceptors (Lipinski definition) is 11. The molecular weight excluding hydrogens is 791 g/mol. The summed E-state index contributed by atoms with van der Waals surface area (Å²) in [7, 11) is 0. The lowest BCUT2D eigenvalue weighted by Gasteiger charge is -2.33. The van der Waals surface area contributed by atoms with E-state index in [0.717, 1.165) is 0 Å². The van der Waals surface area contributed by atoms with Crippen LogP contribution < -0.4 is 43.8 Å². The monoisotopic (exact) mass is 851 g/mol. The summed E-state index contributed by atoms with van der Waals surface area (Å²) in [5.74, 6) is -7.37. The number of aliphatic hydroxyl groups is 2. The summed E-state index contributed by atoms with van der Waals surface area (Å²) < 4.78 is 0. The zero-order chi connectivity index (χ0) is 45.4. The summed E-state index contributed by atoms with van der Waals surface area (Å²) in [4.78, 5) is 107. The third-order valence-electron chi connectivity index (χ3n) is 10.7. The molecule has 61 heavy (non-hydrogen) atoms. The van der Waals surface area contributed by atoms with E-state index in [0.29, 0.717) is 24.0 Å². The van der Waals surface area contributed by atoms with Gasteiger partial charge in [0.15, 0.2) is 6.10 Å². The number of carbonyl (C=O) groups is 8. The van der Waals surface area contributed by atoms with Crippen LogP contribution in [0.5, 0.6) is 0 Å². The van der Waals surface area contributed by atoms with Crippen LogP contribution in [0.4, 0.5) is 0 Å². The summed E-state index contributed by atoms with van der Waals surface area (Å²) in [6.07, 6.45) is -1.79. The van der Waals surface area contributed by atoms with E-state index in [1.54, 1.807) is 81.4 Å². The fraction of sp³-hybridized carbons (Fsp3) is 0.524. The van der Waals surface area contributed by atoms with Gasteiger partial charge in [0.2, 0.25) is 41.4 Å². The number of nitrogens with one attached hydrogen (secondary N) is 5. The lowest BCUT2D eigenvalue weighted by atomic mass is 9.96. The largest absolute Gasteiger partial charge is 0.394 e. The minimum absolute atomic E-state index is 0.0616. The van der Waals surface area contributed by atoms with Gasteiger partial charge in [0, 0.05) is 13.0 Å². The number of hydrogen-bond donors (Lipinski definition) is 10. The van der Waals surface area contributed by atoms with Crippen molar-refractivity contribution in [2.45, 2.75) is 115 Å². The van der Waals surface area contributed by atoms with Gasteiger partial charge in [-0.1, -0.05) is 94.8 Å². The molecule has 1 heterocycles. The highest BCUT2D eigenvalue weighted by Crippen LogP contribution is 2.22. The zero-order valence-electron chi connectivity index (χ0n) is 35.0. The predicted octanol–water partition coefficient (Wildman–Crippen LogP) is -2.37. The van der Waals surface area contributed by atoms with Gasteiger partial charge in [0.1, 0.15) is 36.3 Å². The second kappa shape index (κ2) is 23.8. The van der Waals surface area contributed by atoms with Crippen LogP contribution in [-0.4, -0.2) is 124 Å². The summed E-state index contributed by atoms with van der Waals surface area (Å²) in [6, 6.07) is 8.22. The molecule has 1 aliphatic heterocycles. The molecule has 1 aliphatic rings. The van der Waals surface area contributed by atoms with Crippen LogP contribution in [0.15, 0.2) is 60.7 Å². The van der Waals surface area contributed by atoms with Crippen molar-refractivity contribution in [2.24, 2.45) is 29.0 Å². The smallest absolute Gasteiger partial charge is 0.254 e. The Hall–Kier alpha value is -5.92. The second-order valence-electron chi connectivity index (χ2n) is 15.7. The first-order chi connectivity index (χ1) is 28.9. The van der Waals surface area contributed by atoms with Crippen molar-refractivity contribution in [2.75, 3.05) is 13.2 Å². The highest BCUT2D eigenvalue weighted by molar-refractivity contribution is 5.97. The number of carbonyl (C=O) groups excluding carboxylic acids is 8. The van der Waals surface area contributed by atoms with Gasteiger partial charge in [-0.2, -0.15) is 0 Å². The second-order valence-corrected chi connectivity index (χ2v) is 15.7. The highest BCUT2D eigenvalue weighted by atomic mass is 16.3. The van der Waals surface area contributed by atoms with Crippen molar-refractivity contribution in [3.8, 4) is 0 Å². The summed E-state index contributed by atoms with van der Waals surface area (Å²) in [6.45, 7) is 6.35. The number of benzene rings is 2. The van der Waals surface area contributed by atoms with Gasteiger partial charge in [-0.15, -0.1) is 0 Å². The van der Waals surface area contributed by atoms with Gasteiger partial charge in [-0.05, 0) is 42.2 Å². The van der Waals surface area contributed by atoms with Crippen molar-refractivity contribution in [3.63, 3.8) is 0 Å². The number of rotatable bonds is 23. The van der Waals surface area contributed by atoms with Crippen molar-refractivity contribution in [1.29, 1.82) is 0 Å². The Morgan fingerprint density at radius 1 is 0.738 bits per heavy atom. The molecule has 0 bridgehead atoms. The van der Waals surface area contributed by atoms with E-state index >= 15 is 0 Å². The van der Waals surface area contributed by atoms with Crippen LogP contribution in [0.2, 0.25) is 0 Å². The SMILES string of the molecule is CC[C@H](C)[C@H](NC(=O)[C@@H]1CCCN1C(=O)[C@@H](O)[C@H](Cc1ccccc1)NC(=O)[C@H](CC(N)=O)NC(=O)[C@H](Cc1ccccc1)NC(=O)[C@@H](N)CO)C(=O)N[C@H](C(N)=O)C(C)C. The number of nitrogens with zero attached hydrogens (tertiary/aromatic N) is 1. The molecule has 2 aromatic carbocycles. The molecule has 334 valence electrons. The number of likely N-dealkylation sites (tertiary alicyclic amines) is 1. The number of nitrogens with two attached hydrogens (primary N) is 3. The summed E-state index contributed by atoms with van der Waals surface area (Å²) in [5.41, 5.74) is 17.9. The van der Waals surface area contributed by atoms with E-state index in [-0.39, 0.29) is 37.6 Å². The molecule has 1 saturated heterocycles. The van der Waals surface area contributed by atoms with Gasteiger partial charge >= 0.3 is 0 Å². The predicted molar refractivity (Wildman–Crippen MR) is 223 cm³/mol. The third kappa shape index (κ3) is 14.6. The first-order valence-corrected chi connectivity index (χ1v) is 20.4. The summed E-state index contributed by atoms with van der Waals surface area (Å²) in [5, 5.41) is 34.0. The molecule has 0 aliphatic carbocycles. The standard InChI is InChI=1S/C42H61N9O10/c1-5-24(4)34(41(60)49-33(23(2)3)36(45)55)50-40(59)31-17-12-18-51(31)42(61)35(54)28(19-25-13-8-6-9-14-25)46-39(58)30(21-32(44)53)48-38(57)29(47-37(56)27(43)22-52)20-26-15-10-7-11-16-26/h6-11,13-16,23-24,27-31,33-35,52,54H,5,12,17-22,43H2,1-4H3,(H2,44,53)(H2,45,55)(H,46,58)(H,47,56)(H,48,57)(H,49,60)(H,50,59)/t24-,27-,28-,29-,30-,31-,33-,34-,35-/m0/s1. The van der Waals surface area contributed by atoms with Gasteiger partial charge in [-0.25, -0.2) is 0 Å². The average Bonchev–Trinajstić information content (AvgIpc) is 3.73. The number of amides is 8. The number of aliphatic hydroxyl groups excluding tert-OH is 2. The lowest BCUT2D eigenvalue weighted by Crippen LogP contribution is -2.61. The van der Waals surface area contributed by atoms with Gasteiger partial charge < -0.3 is 58.9 Å². The Labute approximate surface area is 355 Å². The Bertz CT molecular complexity index is 1830. The van der Waals surface area contributed by atoms with E-state index in [1.807, 2.05) is 6.92 Å². The number of primary amides is 2. The van der Waals surface area contributed by atoms with Crippen LogP contribution in [0.1, 0.15) is 64.5 Å². The van der Waals surface area contributed by atoms with E-state index in [4.69, 9.17) is 17.2 Å².